The average Bonchev–Trinajstić information content (AvgIpc) is 3.35. The van der Waals surface area contributed by atoms with Crippen molar-refractivity contribution in [2.75, 3.05) is 7.11 Å². The summed E-state index contributed by atoms with van der Waals surface area (Å²) in [6.07, 6.45) is 1.50. The second-order valence-corrected chi connectivity index (χ2v) is 7.23. The van der Waals surface area contributed by atoms with Crippen LogP contribution in [0.1, 0.15) is 22.9 Å². The van der Waals surface area contributed by atoms with Gasteiger partial charge < -0.3 is 19.2 Å². The van der Waals surface area contributed by atoms with Gasteiger partial charge in [0.2, 0.25) is 0 Å². The summed E-state index contributed by atoms with van der Waals surface area (Å²) < 4.78 is 10.6. The van der Waals surface area contributed by atoms with Crippen molar-refractivity contribution in [3.8, 4) is 5.75 Å². The van der Waals surface area contributed by atoms with Crippen LogP contribution in [0.2, 0.25) is 5.02 Å². The Hall–Kier alpha value is -3.51. The minimum atomic E-state index is -0.819. The number of aliphatic hydroxyl groups excluding tert-OH is 1. The number of furan rings is 1. The van der Waals surface area contributed by atoms with E-state index in [0.717, 1.165) is 0 Å². The maximum atomic E-state index is 13.0. The predicted octanol–water partition coefficient (Wildman–Crippen LogP) is 4.56. The molecule has 0 bridgehead atoms. The number of hydrogen-bond acceptors (Lipinski definition) is 5. The van der Waals surface area contributed by atoms with Crippen molar-refractivity contribution in [1.29, 1.82) is 0 Å². The van der Waals surface area contributed by atoms with Gasteiger partial charge in [0.05, 0.1) is 31.5 Å². The molecule has 6 nitrogen and oxygen atoms in total. The van der Waals surface area contributed by atoms with Crippen molar-refractivity contribution in [2.24, 2.45) is 0 Å². The first-order valence-electron chi connectivity index (χ1n) is 9.20. The quantitative estimate of drug-likeness (QED) is 0.369. The van der Waals surface area contributed by atoms with E-state index in [1.54, 1.807) is 60.7 Å². The fourth-order valence-electron chi connectivity index (χ4n) is 3.56. The van der Waals surface area contributed by atoms with Gasteiger partial charge in [-0.25, -0.2) is 0 Å². The Kier molecular flexibility index (Phi) is 5.33. The molecule has 1 N–H and O–H groups in total. The fraction of sp³-hybridized carbons (Fsp3) is 0.130. The van der Waals surface area contributed by atoms with Crippen LogP contribution in [-0.4, -0.2) is 28.8 Å². The molecule has 2 heterocycles. The Labute approximate surface area is 177 Å². The van der Waals surface area contributed by atoms with Crippen LogP contribution in [0.15, 0.2) is 76.9 Å². The van der Waals surface area contributed by atoms with Crippen LogP contribution < -0.4 is 4.74 Å². The molecule has 152 valence electrons. The molecule has 0 radical (unpaired) electrons. The SMILES string of the molecule is COc1cccc(/C(O)=C2\C(=O)C(=O)N(Cc3ccco3)C2c2cccc(Cl)c2)c1. The number of benzene rings is 2. The number of amides is 1. The van der Waals surface area contributed by atoms with Gasteiger partial charge in [0.15, 0.2) is 0 Å². The lowest BCUT2D eigenvalue weighted by molar-refractivity contribution is -0.140. The highest BCUT2D eigenvalue weighted by Crippen LogP contribution is 2.41. The number of rotatable bonds is 5. The molecule has 0 aliphatic carbocycles. The summed E-state index contributed by atoms with van der Waals surface area (Å²) in [5.41, 5.74) is 0.970. The third-order valence-corrected chi connectivity index (χ3v) is 5.19. The molecule has 1 unspecified atom stereocenters. The van der Waals surface area contributed by atoms with Crippen molar-refractivity contribution < 1.29 is 23.8 Å². The van der Waals surface area contributed by atoms with E-state index in [0.29, 0.717) is 27.7 Å². The molecule has 2 aromatic carbocycles. The van der Waals surface area contributed by atoms with E-state index >= 15 is 0 Å². The van der Waals surface area contributed by atoms with Gasteiger partial charge in [-0.15, -0.1) is 0 Å². The molecule has 1 saturated heterocycles. The Balaban J connectivity index is 1.88. The highest BCUT2D eigenvalue weighted by atomic mass is 35.5. The molecule has 0 spiro atoms. The lowest BCUT2D eigenvalue weighted by Gasteiger charge is -2.24. The Morgan fingerprint density at radius 1 is 1.13 bits per heavy atom. The molecule has 7 heteroatoms. The minimum Gasteiger partial charge on any atom is -0.507 e. The van der Waals surface area contributed by atoms with Gasteiger partial charge in [0.1, 0.15) is 17.3 Å². The first-order chi connectivity index (χ1) is 14.5. The monoisotopic (exact) mass is 423 g/mol. The maximum Gasteiger partial charge on any atom is 0.296 e. The Morgan fingerprint density at radius 2 is 1.93 bits per heavy atom. The zero-order valence-electron chi connectivity index (χ0n) is 16.0. The number of methoxy groups -OCH3 is 1. The minimum absolute atomic E-state index is 0.0120. The number of likely N-dealkylation sites (tertiary alicyclic amines) is 1. The standard InChI is InChI=1S/C23H18ClNO5/c1-29-17-8-3-6-15(12-17)21(26)19-20(14-5-2-7-16(24)11-14)25(23(28)22(19)27)13-18-9-4-10-30-18/h2-12,20,26H,13H2,1H3/b21-19+. The molecule has 1 aliphatic heterocycles. The van der Waals surface area contributed by atoms with Crippen LogP contribution in [0.25, 0.3) is 5.76 Å². The number of ketones is 1. The average molecular weight is 424 g/mol. The number of aliphatic hydroxyl groups is 1. The Bertz CT molecular complexity index is 1140. The molecular formula is C23H18ClNO5. The van der Waals surface area contributed by atoms with Crippen molar-refractivity contribution in [2.45, 2.75) is 12.6 Å². The molecule has 0 saturated carbocycles. The van der Waals surface area contributed by atoms with E-state index in [9.17, 15) is 14.7 Å². The van der Waals surface area contributed by atoms with Crippen LogP contribution in [0.5, 0.6) is 5.75 Å². The number of nitrogens with zero attached hydrogens (tertiary/aromatic N) is 1. The molecule has 1 aliphatic rings. The third-order valence-electron chi connectivity index (χ3n) is 4.95. The van der Waals surface area contributed by atoms with Gasteiger partial charge in [-0.2, -0.15) is 0 Å². The summed E-state index contributed by atoms with van der Waals surface area (Å²) >= 11 is 6.17. The van der Waals surface area contributed by atoms with Gasteiger partial charge in [0, 0.05) is 10.6 Å². The van der Waals surface area contributed by atoms with Crippen LogP contribution in [0, 0.1) is 0 Å². The van der Waals surface area contributed by atoms with Crippen molar-refractivity contribution in [1.82, 2.24) is 4.90 Å². The first-order valence-corrected chi connectivity index (χ1v) is 9.58. The van der Waals surface area contributed by atoms with Crippen molar-refractivity contribution in [3.05, 3.63) is 94.4 Å². The third kappa shape index (κ3) is 3.57. The number of halogens is 1. The molecule has 1 fully saturated rings. The number of carbonyl (C=O) groups excluding carboxylic acids is 2. The first kappa shape index (κ1) is 19.8. The van der Waals surface area contributed by atoms with E-state index < -0.39 is 17.7 Å². The number of Topliss-reactive ketones (excluding diaryl/α,β-unsaturated/α-hetero) is 1. The lowest BCUT2D eigenvalue weighted by Crippen LogP contribution is -2.29. The molecule has 1 amide bonds. The number of ether oxygens (including phenoxy) is 1. The van der Waals surface area contributed by atoms with Gasteiger partial charge >= 0.3 is 0 Å². The summed E-state index contributed by atoms with van der Waals surface area (Å²) in [6.45, 7) is 0.0731. The van der Waals surface area contributed by atoms with E-state index in [4.69, 9.17) is 20.8 Å². The number of hydrogen-bond donors (Lipinski definition) is 1. The molecule has 1 aromatic heterocycles. The van der Waals surface area contributed by atoms with Gasteiger partial charge in [-0.1, -0.05) is 35.9 Å². The Morgan fingerprint density at radius 3 is 2.63 bits per heavy atom. The van der Waals surface area contributed by atoms with Crippen LogP contribution in [0.3, 0.4) is 0 Å². The predicted molar refractivity (Wildman–Crippen MR) is 111 cm³/mol. The zero-order valence-corrected chi connectivity index (χ0v) is 16.8. The summed E-state index contributed by atoms with van der Waals surface area (Å²) in [7, 11) is 1.51. The smallest absolute Gasteiger partial charge is 0.296 e. The van der Waals surface area contributed by atoms with E-state index in [1.807, 2.05) is 0 Å². The maximum absolute atomic E-state index is 13.0. The van der Waals surface area contributed by atoms with E-state index in [2.05, 4.69) is 0 Å². The summed E-state index contributed by atoms with van der Waals surface area (Å²) in [6, 6.07) is 16.1. The second kappa shape index (κ2) is 8.08. The van der Waals surface area contributed by atoms with Gasteiger partial charge in [0.25, 0.3) is 11.7 Å². The molecule has 4 rings (SSSR count). The van der Waals surface area contributed by atoms with Crippen molar-refractivity contribution in [3.63, 3.8) is 0 Å². The lowest BCUT2D eigenvalue weighted by atomic mass is 9.95. The highest BCUT2D eigenvalue weighted by molar-refractivity contribution is 6.46. The molecule has 30 heavy (non-hydrogen) atoms. The largest absolute Gasteiger partial charge is 0.507 e. The highest BCUT2D eigenvalue weighted by Gasteiger charge is 2.46. The molecule has 1 atom stereocenters. The topological polar surface area (TPSA) is 80.0 Å². The fourth-order valence-corrected chi connectivity index (χ4v) is 3.76. The summed E-state index contributed by atoms with van der Waals surface area (Å²) in [5.74, 6) is -0.736. The normalized spacial score (nSPS) is 18.1. The summed E-state index contributed by atoms with van der Waals surface area (Å²) in [5, 5.41) is 11.5. The zero-order chi connectivity index (χ0) is 21.3. The van der Waals surface area contributed by atoms with E-state index in [-0.39, 0.29) is 17.9 Å². The second-order valence-electron chi connectivity index (χ2n) is 6.79. The van der Waals surface area contributed by atoms with Crippen LogP contribution in [0.4, 0.5) is 0 Å². The van der Waals surface area contributed by atoms with Crippen molar-refractivity contribution >= 4 is 29.1 Å². The molecular weight excluding hydrogens is 406 g/mol. The van der Waals surface area contributed by atoms with Gasteiger partial charge in [-0.3, -0.25) is 9.59 Å². The van der Waals surface area contributed by atoms with E-state index in [1.165, 1.54) is 18.3 Å². The molecule has 3 aromatic rings. The van der Waals surface area contributed by atoms with Crippen LogP contribution in [-0.2, 0) is 16.1 Å². The number of carbonyl (C=O) groups is 2. The summed E-state index contributed by atoms with van der Waals surface area (Å²) in [4.78, 5) is 27.3. The van der Waals surface area contributed by atoms with Gasteiger partial charge in [-0.05, 0) is 42.0 Å². The van der Waals surface area contributed by atoms with Crippen LogP contribution >= 0.6 is 11.6 Å².